The number of ether oxygens (including phenoxy) is 2. The number of rotatable bonds is 10. The quantitative estimate of drug-likeness (QED) is 0.625. The highest BCUT2D eigenvalue weighted by Gasteiger charge is 2.16. The van der Waals surface area contributed by atoms with Gasteiger partial charge in [0, 0.05) is 13.2 Å². The summed E-state index contributed by atoms with van der Waals surface area (Å²) in [6, 6.07) is 0. The number of aliphatic hydroxyl groups is 1. The molecule has 0 aromatic carbocycles. The second kappa shape index (κ2) is 9.73. The van der Waals surface area contributed by atoms with Crippen molar-refractivity contribution in [1.82, 2.24) is 5.32 Å². The van der Waals surface area contributed by atoms with Crippen molar-refractivity contribution in [3.05, 3.63) is 0 Å². The van der Waals surface area contributed by atoms with E-state index in [2.05, 4.69) is 19.2 Å². The summed E-state index contributed by atoms with van der Waals surface area (Å²) in [5.41, 5.74) is 0. The predicted molar refractivity (Wildman–Crippen MR) is 72.7 cm³/mol. The summed E-state index contributed by atoms with van der Waals surface area (Å²) in [6.07, 6.45) is 4.43. The highest BCUT2D eigenvalue weighted by Crippen LogP contribution is 2.11. The zero-order valence-electron chi connectivity index (χ0n) is 11.9. The smallest absolute Gasteiger partial charge is 0.0897 e. The molecule has 1 rings (SSSR count). The molecule has 1 aliphatic heterocycles. The number of hydrogen-bond acceptors (Lipinski definition) is 4. The van der Waals surface area contributed by atoms with E-state index in [4.69, 9.17) is 9.47 Å². The van der Waals surface area contributed by atoms with Crippen molar-refractivity contribution in [2.45, 2.75) is 51.7 Å². The van der Waals surface area contributed by atoms with Crippen LogP contribution in [0.25, 0.3) is 0 Å². The van der Waals surface area contributed by atoms with Gasteiger partial charge in [0.05, 0.1) is 25.4 Å². The van der Waals surface area contributed by atoms with Crippen LogP contribution < -0.4 is 5.32 Å². The van der Waals surface area contributed by atoms with E-state index in [-0.39, 0.29) is 6.10 Å². The van der Waals surface area contributed by atoms with Crippen molar-refractivity contribution in [2.75, 3.05) is 32.9 Å². The zero-order chi connectivity index (χ0) is 13.2. The second-order valence-electron chi connectivity index (χ2n) is 5.17. The molecular weight excluding hydrogens is 230 g/mol. The molecule has 1 saturated heterocycles. The Balaban J connectivity index is 1.94. The van der Waals surface area contributed by atoms with E-state index >= 15 is 0 Å². The summed E-state index contributed by atoms with van der Waals surface area (Å²) in [4.78, 5) is 0. The first-order chi connectivity index (χ1) is 8.76. The summed E-state index contributed by atoms with van der Waals surface area (Å²) < 4.78 is 10.9. The molecule has 0 aliphatic carbocycles. The maximum atomic E-state index is 9.75. The van der Waals surface area contributed by atoms with Crippen LogP contribution in [0.3, 0.4) is 0 Å². The zero-order valence-corrected chi connectivity index (χ0v) is 11.9. The lowest BCUT2D eigenvalue weighted by atomic mass is 10.0. The molecule has 1 aliphatic rings. The lowest BCUT2D eigenvalue weighted by Gasteiger charge is -2.17. The van der Waals surface area contributed by atoms with Gasteiger partial charge in [0.15, 0.2) is 0 Å². The first-order valence-electron chi connectivity index (χ1n) is 7.34. The minimum Gasteiger partial charge on any atom is -0.389 e. The Hall–Kier alpha value is -0.160. The van der Waals surface area contributed by atoms with Gasteiger partial charge in [-0.15, -0.1) is 0 Å². The molecule has 4 nitrogen and oxygen atoms in total. The van der Waals surface area contributed by atoms with E-state index < -0.39 is 6.10 Å². The van der Waals surface area contributed by atoms with E-state index in [1.165, 1.54) is 12.8 Å². The van der Waals surface area contributed by atoms with Gasteiger partial charge >= 0.3 is 0 Å². The van der Waals surface area contributed by atoms with Crippen LogP contribution in [0.4, 0.5) is 0 Å². The van der Waals surface area contributed by atoms with Crippen molar-refractivity contribution in [3.63, 3.8) is 0 Å². The maximum absolute atomic E-state index is 9.75. The lowest BCUT2D eigenvalue weighted by Crippen LogP contribution is -2.34. The van der Waals surface area contributed by atoms with Crippen LogP contribution >= 0.6 is 0 Å². The van der Waals surface area contributed by atoms with Gasteiger partial charge in [-0.05, 0) is 25.3 Å². The topological polar surface area (TPSA) is 50.7 Å². The van der Waals surface area contributed by atoms with Gasteiger partial charge in [-0.1, -0.05) is 26.7 Å². The third-order valence-electron chi connectivity index (χ3n) is 3.61. The minimum atomic E-state index is -0.416. The molecule has 0 saturated carbocycles. The molecule has 0 bridgehead atoms. The van der Waals surface area contributed by atoms with Crippen molar-refractivity contribution in [3.8, 4) is 0 Å². The average Bonchev–Trinajstić information content (AvgIpc) is 2.88. The van der Waals surface area contributed by atoms with Gasteiger partial charge in [0.2, 0.25) is 0 Å². The van der Waals surface area contributed by atoms with Crippen LogP contribution in [-0.4, -0.2) is 50.2 Å². The van der Waals surface area contributed by atoms with Gasteiger partial charge in [0.25, 0.3) is 0 Å². The Bertz CT molecular complexity index is 183. The fourth-order valence-corrected chi connectivity index (χ4v) is 2.20. The summed E-state index contributed by atoms with van der Waals surface area (Å²) in [7, 11) is 0. The molecule has 0 aromatic heterocycles. The Morgan fingerprint density at radius 2 is 2.11 bits per heavy atom. The fourth-order valence-electron chi connectivity index (χ4n) is 2.20. The third-order valence-corrected chi connectivity index (χ3v) is 3.61. The standard InChI is InChI=1S/C14H29NO3/c1-3-12(4-2)8-15-9-13(16)10-17-11-14-6-5-7-18-14/h12-16H,3-11H2,1-2H3. The summed E-state index contributed by atoms with van der Waals surface area (Å²) in [5, 5.41) is 13.1. The largest absolute Gasteiger partial charge is 0.389 e. The van der Waals surface area contributed by atoms with Crippen molar-refractivity contribution < 1.29 is 14.6 Å². The number of hydrogen-bond donors (Lipinski definition) is 2. The van der Waals surface area contributed by atoms with Crippen LogP contribution in [-0.2, 0) is 9.47 Å². The molecule has 1 heterocycles. The molecule has 2 atom stereocenters. The first-order valence-corrected chi connectivity index (χ1v) is 7.34. The molecule has 18 heavy (non-hydrogen) atoms. The molecule has 0 spiro atoms. The van der Waals surface area contributed by atoms with Crippen molar-refractivity contribution in [1.29, 1.82) is 0 Å². The van der Waals surface area contributed by atoms with E-state index in [0.29, 0.717) is 25.7 Å². The molecule has 2 unspecified atom stereocenters. The molecule has 0 radical (unpaired) electrons. The summed E-state index contributed by atoms with van der Waals surface area (Å²) in [5.74, 6) is 0.713. The summed E-state index contributed by atoms with van der Waals surface area (Å²) in [6.45, 7) is 7.87. The SMILES string of the molecule is CCC(CC)CNCC(O)COCC1CCCO1. The molecule has 0 aromatic rings. The predicted octanol–water partition coefficient (Wildman–Crippen LogP) is 1.57. The van der Waals surface area contributed by atoms with Gasteiger partial charge in [0.1, 0.15) is 0 Å². The Morgan fingerprint density at radius 1 is 1.33 bits per heavy atom. The lowest BCUT2D eigenvalue weighted by molar-refractivity contribution is -0.0165. The van der Waals surface area contributed by atoms with Gasteiger partial charge in [-0.25, -0.2) is 0 Å². The number of aliphatic hydroxyl groups excluding tert-OH is 1. The van der Waals surface area contributed by atoms with Gasteiger partial charge in [-0.2, -0.15) is 0 Å². The molecule has 0 amide bonds. The Morgan fingerprint density at radius 3 is 2.72 bits per heavy atom. The Labute approximate surface area is 111 Å². The highest BCUT2D eigenvalue weighted by atomic mass is 16.5. The van der Waals surface area contributed by atoms with Gasteiger partial charge < -0.3 is 19.9 Å². The fraction of sp³-hybridized carbons (Fsp3) is 1.00. The summed E-state index contributed by atoms with van der Waals surface area (Å²) >= 11 is 0. The van der Waals surface area contributed by atoms with Crippen LogP contribution in [0.5, 0.6) is 0 Å². The first kappa shape index (κ1) is 15.9. The monoisotopic (exact) mass is 259 g/mol. The third kappa shape index (κ3) is 6.69. The molecule has 2 N–H and O–H groups in total. The molecule has 1 fully saturated rings. The minimum absolute atomic E-state index is 0.245. The normalized spacial score (nSPS) is 21.7. The van der Waals surface area contributed by atoms with E-state index in [0.717, 1.165) is 26.0 Å². The van der Waals surface area contributed by atoms with E-state index in [1.807, 2.05) is 0 Å². The van der Waals surface area contributed by atoms with Crippen molar-refractivity contribution in [2.24, 2.45) is 5.92 Å². The van der Waals surface area contributed by atoms with E-state index in [9.17, 15) is 5.11 Å². The number of nitrogens with one attached hydrogen (secondary N) is 1. The molecule has 108 valence electrons. The van der Waals surface area contributed by atoms with Gasteiger partial charge in [-0.3, -0.25) is 0 Å². The van der Waals surface area contributed by atoms with Crippen molar-refractivity contribution >= 4 is 0 Å². The Kier molecular flexibility index (Phi) is 8.59. The second-order valence-corrected chi connectivity index (χ2v) is 5.17. The van der Waals surface area contributed by atoms with Crippen LogP contribution in [0.1, 0.15) is 39.5 Å². The van der Waals surface area contributed by atoms with Crippen LogP contribution in [0.15, 0.2) is 0 Å². The maximum Gasteiger partial charge on any atom is 0.0897 e. The van der Waals surface area contributed by atoms with E-state index in [1.54, 1.807) is 0 Å². The average molecular weight is 259 g/mol. The molecule has 4 heteroatoms. The highest BCUT2D eigenvalue weighted by molar-refractivity contribution is 4.66. The van der Waals surface area contributed by atoms with Crippen LogP contribution in [0, 0.1) is 5.92 Å². The molecular formula is C14H29NO3. The van der Waals surface area contributed by atoms with Crippen LogP contribution in [0.2, 0.25) is 0 Å².